The highest BCUT2D eigenvalue weighted by Crippen LogP contribution is 2.14. The van der Waals surface area contributed by atoms with Gasteiger partial charge >= 0.3 is 0 Å². The molecule has 0 aliphatic heterocycles. The summed E-state index contributed by atoms with van der Waals surface area (Å²) in [6.07, 6.45) is 0.616. The van der Waals surface area contributed by atoms with Crippen LogP contribution in [-0.4, -0.2) is 14.2 Å². The van der Waals surface area contributed by atoms with Gasteiger partial charge in [0.25, 0.3) is 0 Å². The molecule has 4 heteroatoms. The van der Waals surface area contributed by atoms with Gasteiger partial charge in [-0.15, -0.1) is 0 Å². The molecule has 0 unspecified atom stereocenters. The summed E-state index contributed by atoms with van der Waals surface area (Å²) < 4.78 is 23.0. The number of hydrogen-bond donors (Lipinski definition) is 0. The molecule has 0 fully saturated rings. The summed E-state index contributed by atoms with van der Waals surface area (Å²) in [5.41, 5.74) is 7.53. The minimum Gasteiger partial charge on any atom is -0.301 e. The van der Waals surface area contributed by atoms with Crippen molar-refractivity contribution in [2.24, 2.45) is 0 Å². The van der Waals surface area contributed by atoms with Crippen molar-refractivity contribution >= 4 is 15.5 Å². The van der Waals surface area contributed by atoms with Crippen LogP contribution in [0.4, 0.5) is 5.69 Å². The summed E-state index contributed by atoms with van der Waals surface area (Å²) in [6.45, 7) is 1.83. The van der Waals surface area contributed by atoms with Crippen molar-refractivity contribution in [3.05, 3.63) is 24.3 Å². The molecule has 13 heavy (non-hydrogen) atoms. The van der Waals surface area contributed by atoms with Gasteiger partial charge in [0.05, 0.1) is 16.3 Å². The normalized spacial score (nSPS) is 11.5. The lowest BCUT2D eigenvalue weighted by atomic mass is 10.3. The molecule has 0 saturated carbocycles. The van der Waals surface area contributed by atoms with Crippen molar-refractivity contribution in [1.82, 2.24) is 5.73 Å². The Kier molecular flexibility index (Phi) is 2.93. The van der Waals surface area contributed by atoms with E-state index in [4.69, 9.17) is 5.73 Å². The molecular weight excluding hydrogens is 186 g/mol. The molecule has 0 atom stereocenters. The Morgan fingerprint density at radius 1 is 1.23 bits per heavy atom. The maximum Gasteiger partial charge on any atom is 0.178 e. The first-order valence-corrected chi connectivity index (χ1v) is 5.76. The average molecular weight is 198 g/mol. The first-order valence-electron chi connectivity index (χ1n) is 4.10. The second-order valence-corrected chi connectivity index (χ2v) is 4.95. The maximum absolute atomic E-state index is 11.5. The first kappa shape index (κ1) is 10.1. The average Bonchev–Trinajstić information content (AvgIpc) is 2.05. The minimum absolute atomic E-state index is 0.171. The zero-order valence-corrected chi connectivity index (χ0v) is 8.26. The highest BCUT2D eigenvalue weighted by atomic mass is 32.2. The summed E-state index contributed by atoms with van der Waals surface area (Å²) in [7, 11) is -3.11. The zero-order chi connectivity index (χ0) is 9.90. The predicted octanol–water partition coefficient (Wildman–Crippen LogP) is 1.78. The lowest BCUT2D eigenvalue weighted by Crippen LogP contribution is -2.05. The summed E-state index contributed by atoms with van der Waals surface area (Å²) in [5, 5.41) is 0. The number of hydrogen-bond acceptors (Lipinski definition) is 2. The van der Waals surface area contributed by atoms with Gasteiger partial charge in [-0.25, -0.2) is 8.42 Å². The van der Waals surface area contributed by atoms with Crippen molar-refractivity contribution in [3.63, 3.8) is 0 Å². The van der Waals surface area contributed by atoms with Crippen LogP contribution < -0.4 is 5.73 Å². The molecule has 3 nitrogen and oxygen atoms in total. The maximum atomic E-state index is 11.5. The molecule has 1 aromatic rings. The Labute approximate surface area is 78.5 Å². The SMILES string of the molecule is CCCS(=O)(=O)c1ccc([NH])cc1. The van der Waals surface area contributed by atoms with Crippen LogP contribution in [-0.2, 0) is 9.84 Å². The number of nitrogens with one attached hydrogen (secondary N) is 1. The van der Waals surface area contributed by atoms with Crippen LogP contribution in [0, 0.1) is 0 Å². The minimum atomic E-state index is -3.11. The van der Waals surface area contributed by atoms with E-state index in [1.165, 1.54) is 24.3 Å². The Hall–Kier alpha value is -1.03. The highest BCUT2D eigenvalue weighted by Gasteiger charge is 2.11. The van der Waals surface area contributed by atoms with E-state index in [0.717, 1.165) is 0 Å². The largest absolute Gasteiger partial charge is 0.301 e. The second kappa shape index (κ2) is 3.79. The van der Waals surface area contributed by atoms with E-state index in [2.05, 4.69) is 0 Å². The second-order valence-electron chi connectivity index (χ2n) is 2.84. The molecular formula is C9H12NO2S. The fourth-order valence-electron chi connectivity index (χ4n) is 1.05. The molecule has 0 aliphatic rings. The summed E-state index contributed by atoms with van der Waals surface area (Å²) in [5.74, 6) is 0.171. The van der Waals surface area contributed by atoms with Crippen LogP contribution in [0.25, 0.3) is 0 Å². The molecule has 0 bridgehead atoms. The summed E-state index contributed by atoms with van der Waals surface area (Å²) in [4.78, 5) is 0.311. The van der Waals surface area contributed by atoms with Crippen molar-refractivity contribution in [3.8, 4) is 0 Å². The van der Waals surface area contributed by atoms with E-state index < -0.39 is 9.84 Å². The highest BCUT2D eigenvalue weighted by molar-refractivity contribution is 7.91. The fraction of sp³-hybridized carbons (Fsp3) is 0.333. The number of sulfone groups is 1. The van der Waals surface area contributed by atoms with Gasteiger partial charge in [-0.2, -0.15) is 0 Å². The topological polar surface area (TPSA) is 57.9 Å². The Balaban J connectivity index is 3.02. The Morgan fingerprint density at radius 3 is 2.23 bits per heavy atom. The molecule has 0 aliphatic carbocycles. The zero-order valence-electron chi connectivity index (χ0n) is 7.45. The van der Waals surface area contributed by atoms with E-state index in [1.807, 2.05) is 6.92 Å². The Bertz CT molecular complexity index is 367. The van der Waals surface area contributed by atoms with Crippen molar-refractivity contribution in [2.75, 3.05) is 5.75 Å². The van der Waals surface area contributed by atoms with Gasteiger partial charge in [-0.3, -0.25) is 0 Å². The molecule has 0 aromatic heterocycles. The van der Waals surface area contributed by atoms with Gasteiger partial charge in [0, 0.05) is 0 Å². The van der Waals surface area contributed by atoms with E-state index >= 15 is 0 Å². The van der Waals surface area contributed by atoms with E-state index in [0.29, 0.717) is 17.0 Å². The van der Waals surface area contributed by atoms with E-state index in [1.54, 1.807) is 0 Å². The summed E-state index contributed by atoms with van der Waals surface area (Å²) in [6, 6.07) is 5.94. The fourth-order valence-corrected chi connectivity index (χ4v) is 2.37. The van der Waals surface area contributed by atoms with Crippen molar-refractivity contribution in [2.45, 2.75) is 18.2 Å². The third-order valence-electron chi connectivity index (χ3n) is 1.69. The molecule has 0 heterocycles. The van der Waals surface area contributed by atoms with Crippen LogP contribution in [0.15, 0.2) is 29.2 Å². The lowest BCUT2D eigenvalue weighted by Gasteiger charge is -2.01. The molecule has 1 N–H and O–H groups in total. The molecule has 71 valence electrons. The van der Waals surface area contributed by atoms with Gasteiger partial charge in [0.15, 0.2) is 9.84 Å². The van der Waals surface area contributed by atoms with Crippen molar-refractivity contribution in [1.29, 1.82) is 0 Å². The van der Waals surface area contributed by atoms with Gasteiger partial charge in [-0.05, 0) is 30.7 Å². The molecule has 0 amide bonds. The quantitative estimate of drug-likeness (QED) is 0.743. The third kappa shape index (κ3) is 2.45. The lowest BCUT2D eigenvalue weighted by molar-refractivity contribution is 0.595. The van der Waals surface area contributed by atoms with E-state index in [9.17, 15) is 8.42 Å². The van der Waals surface area contributed by atoms with E-state index in [-0.39, 0.29) is 5.75 Å². The van der Waals surface area contributed by atoms with Crippen LogP contribution >= 0.6 is 0 Å². The Morgan fingerprint density at radius 2 is 1.77 bits per heavy atom. The number of benzene rings is 1. The third-order valence-corrected chi connectivity index (χ3v) is 3.62. The predicted molar refractivity (Wildman–Crippen MR) is 51.5 cm³/mol. The smallest absolute Gasteiger partial charge is 0.178 e. The van der Waals surface area contributed by atoms with Crippen LogP contribution in [0.3, 0.4) is 0 Å². The van der Waals surface area contributed by atoms with Crippen LogP contribution in [0.2, 0.25) is 0 Å². The van der Waals surface area contributed by atoms with Gasteiger partial charge in [0.1, 0.15) is 0 Å². The van der Waals surface area contributed by atoms with Crippen LogP contribution in [0.1, 0.15) is 13.3 Å². The van der Waals surface area contributed by atoms with Crippen LogP contribution in [0.5, 0.6) is 0 Å². The van der Waals surface area contributed by atoms with Crippen molar-refractivity contribution < 1.29 is 8.42 Å². The standard InChI is InChI=1S/C9H12NO2S/c1-2-7-13(11,12)9-5-3-8(10)4-6-9/h3-6,10H,2,7H2,1H3. The van der Waals surface area contributed by atoms with Gasteiger partial charge < -0.3 is 5.73 Å². The monoisotopic (exact) mass is 198 g/mol. The molecule has 1 rings (SSSR count). The molecule has 0 saturated heterocycles. The molecule has 0 spiro atoms. The first-order chi connectivity index (χ1) is 6.06. The molecule has 1 radical (unpaired) electrons. The number of rotatable bonds is 3. The van der Waals surface area contributed by atoms with Gasteiger partial charge in [0.2, 0.25) is 0 Å². The summed E-state index contributed by atoms with van der Waals surface area (Å²) >= 11 is 0. The van der Waals surface area contributed by atoms with Gasteiger partial charge in [-0.1, -0.05) is 6.92 Å². The molecule has 1 aromatic carbocycles.